The van der Waals surface area contributed by atoms with Crippen LogP contribution in [0.15, 0.2) is 103 Å². The molecule has 3 aromatic carbocycles. The zero-order chi connectivity index (χ0) is 35.0. The highest BCUT2D eigenvalue weighted by Gasteiger charge is 2.72. The lowest BCUT2D eigenvalue weighted by Crippen LogP contribution is -2.56. The standard InChI is InChI=1S/C40H41N3O7/c1-25-13-11-14-26(2)35(25)42-22-12-21-40-34(37(46)43(36(40)38(42)47)29(24-44)27-15-5-3-6-16-27)33-30(50-40)19-9-10-20-32(45)41-23-31(49-39(33)48)28-17-7-4-8-18-28/h3-9,11-19,21,29-31,33-34,36,44H,10,20,22-24H2,1-2H3,(H,41,45)/b19-9-/t29-,30+,31-,33-,34-,36+,40-/m1/s1. The van der Waals surface area contributed by atoms with Crippen molar-refractivity contribution < 1.29 is 33.8 Å². The van der Waals surface area contributed by atoms with Gasteiger partial charge < -0.3 is 29.7 Å². The fourth-order valence-corrected chi connectivity index (χ4v) is 8.14. The van der Waals surface area contributed by atoms with Gasteiger partial charge in [-0.15, -0.1) is 0 Å². The van der Waals surface area contributed by atoms with E-state index in [1.165, 1.54) is 4.90 Å². The average Bonchev–Trinajstić information content (AvgIpc) is 3.51. The number of likely N-dealkylation sites (tertiary alicyclic amines) is 1. The summed E-state index contributed by atoms with van der Waals surface area (Å²) >= 11 is 0. The number of ether oxygens (including phenoxy) is 2. The monoisotopic (exact) mass is 675 g/mol. The molecule has 0 aliphatic carbocycles. The van der Waals surface area contributed by atoms with Crippen LogP contribution in [0.1, 0.15) is 47.2 Å². The van der Waals surface area contributed by atoms with E-state index in [4.69, 9.17) is 9.47 Å². The van der Waals surface area contributed by atoms with Crippen LogP contribution in [-0.4, -0.2) is 71.1 Å². The van der Waals surface area contributed by atoms with Crippen LogP contribution in [0.3, 0.4) is 0 Å². The number of amides is 3. The fraction of sp³-hybridized carbons (Fsp3) is 0.350. The Morgan fingerprint density at radius 3 is 2.30 bits per heavy atom. The van der Waals surface area contributed by atoms with Crippen LogP contribution in [-0.2, 0) is 28.7 Å². The molecular formula is C40H41N3O7. The Morgan fingerprint density at radius 2 is 1.60 bits per heavy atom. The lowest BCUT2D eigenvalue weighted by molar-refractivity contribution is -0.160. The summed E-state index contributed by atoms with van der Waals surface area (Å²) < 4.78 is 13.1. The summed E-state index contributed by atoms with van der Waals surface area (Å²) in [6, 6.07) is 21.9. The number of aliphatic hydroxyl groups is 1. The molecule has 4 aliphatic heterocycles. The Kier molecular flexibility index (Phi) is 9.15. The van der Waals surface area contributed by atoms with Crippen molar-refractivity contribution in [3.63, 3.8) is 0 Å². The van der Waals surface area contributed by atoms with Crippen molar-refractivity contribution in [3.8, 4) is 0 Å². The van der Waals surface area contributed by atoms with E-state index in [1.807, 2.05) is 98.8 Å². The number of nitrogens with one attached hydrogen (secondary N) is 1. The first-order valence-corrected chi connectivity index (χ1v) is 17.1. The highest BCUT2D eigenvalue weighted by molar-refractivity contribution is 6.06. The van der Waals surface area contributed by atoms with E-state index in [-0.39, 0.29) is 31.3 Å². The van der Waals surface area contributed by atoms with Crippen LogP contribution in [0.2, 0.25) is 0 Å². The summed E-state index contributed by atoms with van der Waals surface area (Å²) in [5, 5.41) is 13.8. The number of hydrogen-bond donors (Lipinski definition) is 2. The maximum atomic E-state index is 15.1. The van der Waals surface area contributed by atoms with Gasteiger partial charge in [-0.3, -0.25) is 19.2 Å². The van der Waals surface area contributed by atoms with Crippen LogP contribution < -0.4 is 10.2 Å². The topological polar surface area (TPSA) is 125 Å². The number of anilines is 1. The number of allylic oxidation sites excluding steroid dienone is 1. The highest BCUT2D eigenvalue weighted by Crippen LogP contribution is 2.55. The molecular weight excluding hydrogens is 634 g/mol. The third kappa shape index (κ3) is 5.72. The summed E-state index contributed by atoms with van der Waals surface area (Å²) in [5.41, 5.74) is 2.31. The molecule has 0 radical (unpaired) electrons. The van der Waals surface area contributed by atoms with Crippen LogP contribution >= 0.6 is 0 Å². The normalized spacial score (nSPS) is 29.5. The van der Waals surface area contributed by atoms with Gasteiger partial charge in [0.05, 0.1) is 31.2 Å². The molecule has 7 atom stereocenters. The van der Waals surface area contributed by atoms with Gasteiger partial charge in [-0.1, -0.05) is 103 Å². The van der Waals surface area contributed by atoms with E-state index < -0.39 is 60.2 Å². The highest BCUT2D eigenvalue weighted by atomic mass is 16.6. The molecule has 2 N–H and O–H groups in total. The van der Waals surface area contributed by atoms with Gasteiger partial charge in [-0.25, -0.2) is 0 Å². The van der Waals surface area contributed by atoms with Crippen molar-refractivity contribution in [1.82, 2.24) is 10.2 Å². The molecule has 1 spiro atoms. The van der Waals surface area contributed by atoms with Crippen molar-refractivity contribution in [2.75, 3.05) is 24.6 Å². The van der Waals surface area contributed by atoms with Gasteiger partial charge in [-0.05, 0) is 42.5 Å². The molecule has 7 rings (SSSR count). The summed E-state index contributed by atoms with van der Waals surface area (Å²) in [5.74, 6) is -3.96. The van der Waals surface area contributed by atoms with Gasteiger partial charge in [0.15, 0.2) is 0 Å². The third-order valence-electron chi connectivity index (χ3n) is 10.4. The maximum Gasteiger partial charge on any atom is 0.313 e. The van der Waals surface area contributed by atoms with Gasteiger partial charge in [0.1, 0.15) is 23.7 Å². The smallest absolute Gasteiger partial charge is 0.313 e. The minimum atomic E-state index is -1.56. The van der Waals surface area contributed by atoms with E-state index in [2.05, 4.69) is 5.32 Å². The zero-order valence-corrected chi connectivity index (χ0v) is 28.1. The number of aryl methyl sites for hydroxylation is 2. The summed E-state index contributed by atoms with van der Waals surface area (Å²) in [6.07, 6.45) is 5.96. The van der Waals surface area contributed by atoms with Crippen LogP contribution in [0.5, 0.6) is 0 Å². The van der Waals surface area contributed by atoms with Crippen molar-refractivity contribution in [2.24, 2.45) is 11.8 Å². The Morgan fingerprint density at radius 1 is 0.900 bits per heavy atom. The molecule has 0 saturated carbocycles. The van der Waals surface area contributed by atoms with Gasteiger partial charge in [0, 0.05) is 18.7 Å². The van der Waals surface area contributed by atoms with Crippen molar-refractivity contribution in [3.05, 3.63) is 125 Å². The molecule has 2 saturated heterocycles. The second-order valence-electron chi connectivity index (χ2n) is 13.4. The molecule has 258 valence electrons. The Hall–Kier alpha value is -5.06. The molecule has 10 heteroatoms. The number of aliphatic hydroxyl groups excluding tert-OH is 1. The van der Waals surface area contributed by atoms with Crippen LogP contribution in [0.4, 0.5) is 5.69 Å². The maximum absolute atomic E-state index is 15.1. The first-order chi connectivity index (χ1) is 24.2. The molecule has 4 heterocycles. The van der Waals surface area contributed by atoms with Crippen molar-refractivity contribution in [2.45, 2.75) is 56.6 Å². The summed E-state index contributed by atoms with van der Waals surface area (Å²) in [6.45, 7) is 3.70. The minimum Gasteiger partial charge on any atom is -0.455 e. The number of carbonyl (C=O) groups excluding carboxylic acids is 4. The number of para-hydroxylation sites is 1. The molecule has 0 aromatic heterocycles. The number of carbonyl (C=O) groups is 4. The summed E-state index contributed by atoms with van der Waals surface area (Å²) in [4.78, 5) is 60.5. The molecule has 3 aromatic rings. The number of rotatable bonds is 5. The van der Waals surface area contributed by atoms with E-state index >= 15 is 9.59 Å². The molecule has 3 amide bonds. The SMILES string of the molecule is Cc1cccc(C)c1N1CC=C[C@@]23O[C@H]4/C=C\CCC(=O)NC[C@H](c5ccccc5)OC(=O)[C@H]4[C@@H]2C(=O)N([C@H](CO)c2ccccc2)[C@H]3C1=O. The number of nitrogens with zero attached hydrogens (tertiary/aromatic N) is 2. The number of esters is 1. The molecule has 50 heavy (non-hydrogen) atoms. The predicted octanol–water partition coefficient (Wildman–Crippen LogP) is 4.27. The lowest BCUT2D eigenvalue weighted by Gasteiger charge is -2.39. The molecule has 0 bridgehead atoms. The summed E-state index contributed by atoms with van der Waals surface area (Å²) in [7, 11) is 0. The minimum absolute atomic E-state index is 0.0543. The third-order valence-corrected chi connectivity index (χ3v) is 10.4. The first kappa shape index (κ1) is 33.4. The number of benzene rings is 3. The van der Waals surface area contributed by atoms with Crippen molar-refractivity contribution in [1.29, 1.82) is 0 Å². The van der Waals surface area contributed by atoms with E-state index in [0.717, 1.165) is 16.8 Å². The zero-order valence-electron chi connectivity index (χ0n) is 28.1. The average molecular weight is 676 g/mol. The number of hydrogen-bond acceptors (Lipinski definition) is 7. The molecule has 0 unspecified atom stereocenters. The number of cyclic esters (lactones) is 1. The van der Waals surface area contributed by atoms with Gasteiger partial charge >= 0.3 is 5.97 Å². The molecule has 10 nitrogen and oxygen atoms in total. The van der Waals surface area contributed by atoms with Gasteiger partial charge in [0.2, 0.25) is 11.8 Å². The molecule has 4 aliphatic rings. The number of fused-ring (bicyclic) bond motifs is 2. The van der Waals surface area contributed by atoms with E-state index in [9.17, 15) is 14.7 Å². The van der Waals surface area contributed by atoms with Crippen LogP contribution in [0, 0.1) is 25.7 Å². The molecule has 2 fully saturated rings. The second kappa shape index (κ2) is 13.7. The quantitative estimate of drug-likeness (QED) is 0.306. The Bertz CT molecular complexity index is 1820. The van der Waals surface area contributed by atoms with Gasteiger partial charge in [0.25, 0.3) is 5.91 Å². The van der Waals surface area contributed by atoms with E-state index in [0.29, 0.717) is 17.5 Å². The van der Waals surface area contributed by atoms with Gasteiger partial charge in [-0.2, -0.15) is 0 Å². The largest absolute Gasteiger partial charge is 0.455 e. The lowest BCUT2D eigenvalue weighted by atomic mass is 9.77. The predicted molar refractivity (Wildman–Crippen MR) is 186 cm³/mol. The Balaban J connectivity index is 1.37. The van der Waals surface area contributed by atoms with E-state index in [1.54, 1.807) is 23.1 Å². The van der Waals surface area contributed by atoms with Crippen LogP contribution in [0.25, 0.3) is 0 Å². The van der Waals surface area contributed by atoms with Crippen molar-refractivity contribution >= 4 is 29.4 Å². The second-order valence-corrected chi connectivity index (χ2v) is 13.4. The fourth-order valence-electron chi connectivity index (χ4n) is 8.14. The Labute approximate surface area is 291 Å². The first-order valence-electron chi connectivity index (χ1n) is 17.1.